The number of carbonyl (C=O) groups is 2. The van der Waals surface area contributed by atoms with Crippen LogP contribution in [0.15, 0.2) is 102 Å². The van der Waals surface area contributed by atoms with Crippen LogP contribution in [-0.2, 0) is 32.6 Å². The normalized spacial score (nSPS) is 11.9. The van der Waals surface area contributed by atoms with E-state index in [0.29, 0.717) is 17.1 Å². The zero-order valence-electron chi connectivity index (χ0n) is 25.0. The second kappa shape index (κ2) is 16.3. The van der Waals surface area contributed by atoms with E-state index in [1.165, 1.54) is 29.2 Å². The second-order valence-electron chi connectivity index (χ2n) is 10.5. The van der Waals surface area contributed by atoms with Gasteiger partial charge in [0.1, 0.15) is 18.4 Å². The number of sulfonamides is 1. The summed E-state index contributed by atoms with van der Waals surface area (Å²) in [5, 5.41) is 3.27. The van der Waals surface area contributed by atoms with Crippen molar-refractivity contribution in [1.29, 1.82) is 0 Å². The number of hydrogen-bond acceptors (Lipinski definition) is 4. The maximum absolute atomic E-state index is 14.5. The van der Waals surface area contributed by atoms with Crippen LogP contribution < -0.4 is 9.62 Å². The van der Waals surface area contributed by atoms with Crippen molar-refractivity contribution in [2.45, 2.75) is 43.7 Å². The fraction of sp³-hybridized carbons (Fsp3) is 0.235. The maximum Gasteiger partial charge on any atom is 0.264 e. The Morgan fingerprint density at radius 2 is 1.54 bits per heavy atom. The van der Waals surface area contributed by atoms with Crippen LogP contribution >= 0.6 is 34.8 Å². The van der Waals surface area contributed by atoms with Gasteiger partial charge in [-0.3, -0.25) is 13.9 Å². The summed E-state index contributed by atoms with van der Waals surface area (Å²) in [5.41, 5.74) is 1.26. The van der Waals surface area contributed by atoms with E-state index < -0.39 is 40.2 Å². The van der Waals surface area contributed by atoms with E-state index in [1.54, 1.807) is 30.3 Å². The summed E-state index contributed by atoms with van der Waals surface area (Å²) < 4.78 is 43.0. The van der Waals surface area contributed by atoms with Crippen LogP contribution in [0.4, 0.5) is 10.1 Å². The topological polar surface area (TPSA) is 86.8 Å². The molecule has 1 atom stereocenters. The highest BCUT2D eigenvalue weighted by Crippen LogP contribution is 2.29. The molecule has 0 saturated carbocycles. The first-order chi connectivity index (χ1) is 22.0. The van der Waals surface area contributed by atoms with Gasteiger partial charge in [-0.2, -0.15) is 0 Å². The SMILES string of the molecule is CCCCNC(=O)[C@@H](Cc1ccccc1)N(Cc1ccc(Cl)cc1Cl)C(=O)CN(c1ccc(F)c(Cl)c1)S(=O)(=O)c1ccccc1. The Bertz CT molecular complexity index is 1760. The molecular weight excluding hydrogens is 672 g/mol. The summed E-state index contributed by atoms with van der Waals surface area (Å²) in [7, 11) is -4.36. The number of amides is 2. The molecule has 0 radical (unpaired) electrons. The third kappa shape index (κ3) is 9.00. The molecule has 4 aromatic carbocycles. The van der Waals surface area contributed by atoms with E-state index in [4.69, 9.17) is 34.8 Å². The number of nitrogens with one attached hydrogen (secondary N) is 1. The van der Waals surface area contributed by atoms with Gasteiger partial charge >= 0.3 is 0 Å². The van der Waals surface area contributed by atoms with Crippen LogP contribution in [0.1, 0.15) is 30.9 Å². The van der Waals surface area contributed by atoms with Crippen molar-refractivity contribution >= 4 is 62.3 Å². The molecule has 0 aliphatic carbocycles. The van der Waals surface area contributed by atoms with E-state index in [-0.39, 0.29) is 33.6 Å². The third-order valence-electron chi connectivity index (χ3n) is 7.26. The number of anilines is 1. The quantitative estimate of drug-likeness (QED) is 0.138. The van der Waals surface area contributed by atoms with Crippen molar-refractivity contribution in [3.05, 3.63) is 129 Å². The number of unbranched alkanes of at least 4 members (excludes halogenated alkanes) is 1. The standard InChI is InChI=1S/C34H33Cl3FN3O4S/c1-2-3-18-39-34(43)32(19-24-10-6-4-7-11-24)40(22-25-14-15-26(35)20-29(25)36)33(42)23-41(27-16-17-31(38)30(37)21-27)46(44,45)28-12-8-5-9-13-28/h4-17,20-21,32H,2-3,18-19,22-23H2,1H3,(H,39,43)/t32-/m1/s1. The minimum Gasteiger partial charge on any atom is -0.354 e. The lowest BCUT2D eigenvalue weighted by Crippen LogP contribution is -2.53. The second-order valence-corrected chi connectivity index (χ2v) is 13.6. The van der Waals surface area contributed by atoms with E-state index in [1.807, 2.05) is 37.3 Å². The van der Waals surface area contributed by atoms with Crippen LogP contribution in [0.5, 0.6) is 0 Å². The van der Waals surface area contributed by atoms with Crippen LogP contribution in [0.2, 0.25) is 15.1 Å². The van der Waals surface area contributed by atoms with E-state index in [2.05, 4.69) is 5.32 Å². The fourth-order valence-corrected chi connectivity index (χ4v) is 6.85. The zero-order valence-corrected chi connectivity index (χ0v) is 28.1. The third-order valence-corrected chi connectivity index (χ3v) is 9.92. The molecule has 0 fully saturated rings. The lowest BCUT2D eigenvalue weighted by molar-refractivity contribution is -0.140. The Morgan fingerprint density at radius 1 is 0.870 bits per heavy atom. The van der Waals surface area contributed by atoms with Crippen LogP contribution in [-0.4, -0.2) is 44.3 Å². The lowest BCUT2D eigenvalue weighted by atomic mass is 10.0. The maximum atomic E-state index is 14.5. The molecule has 0 aliphatic heterocycles. The molecule has 0 heterocycles. The molecular formula is C34H33Cl3FN3O4S. The van der Waals surface area contributed by atoms with E-state index in [9.17, 15) is 22.4 Å². The molecule has 2 amide bonds. The van der Waals surface area contributed by atoms with Gasteiger partial charge < -0.3 is 10.2 Å². The average molecular weight is 705 g/mol. The van der Waals surface area contributed by atoms with Crippen molar-refractivity contribution in [3.63, 3.8) is 0 Å². The minimum absolute atomic E-state index is 0.0277. The molecule has 1 N–H and O–H groups in total. The molecule has 0 spiro atoms. The molecule has 4 aromatic rings. The highest BCUT2D eigenvalue weighted by atomic mass is 35.5. The molecule has 12 heteroatoms. The van der Waals surface area contributed by atoms with Crippen molar-refractivity contribution in [2.24, 2.45) is 0 Å². The Labute approximate surface area is 283 Å². The van der Waals surface area contributed by atoms with Gasteiger partial charge in [-0.15, -0.1) is 0 Å². The Hall–Kier alpha value is -3.63. The molecule has 0 bridgehead atoms. The molecule has 0 aromatic heterocycles. The highest BCUT2D eigenvalue weighted by molar-refractivity contribution is 7.92. The first kappa shape index (κ1) is 35.2. The lowest BCUT2D eigenvalue weighted by Gasteiger charge is -2.34. The molecule has 242 valence electrons. The predicted molar refractivity (Wildman–Crippen MR) is 181 cm³/mol. The average Bonchev–Trinajstić information content (AvgIpc) is 3.04. The summed E-state index contributed by atoms with van der Waals surface area (Å²) in [6.07, 6.45) is 1.72. The number of nitrogens with zero attached hydrogens (tertiary/aromatic N) is 2. The number of rotatable bonds is 14. The monoisotopic (exact) mass is 703 g/mol. The van der Waals surface area contributed by atoms with E-state index >= 15 is 0 Å². The predicted octanol–water partition coefficient (Wildman–Crippen LogP) is 7.54. The molecule has 4 rings (SSSR count). The number of carbonyl (C=O) groups excluding carboxylic acids is 2. The van der Waals surface area contributed by atoms with Gasteiger partial charge in [-0.1, -0.05) is 103 Å². The van der Waals surface area contributed by atoms with E-state index in [0.717, 1.165) is 34.8 Å². The molecule has 46 heavy (non-hydrogen) atoms. The van der Waals surface area contributed by atoms with Crippen molar-refractivity contribution < 1.29 is 22.4 Å². The van der Waals surface area contributed by atoms with Crippen molar-refractivity contribution in [1.82, 2.24) is 10.2 Å². The van der Waals surface area contributed by atoms with Crippen molar-refractivity contribution in [2.75, 3.05) is 17.4 Å². The Balaban J connectivity index is 1.82. The van der Waals surface area contributed by atoms with Gasteiger partial charge in [0.25, 0.3) is 10.0 Å². The van der Waals surface area contributed by atoms with Crippen LogP contribution in [0.25, 0.3) is 0 Å². The Kier molecular flexibility index (Phi) is 12.5. The number of hydrogen-bond donors (Lipinski definition) is 1. The smallest absolute Gasteiger partial charge is 0.264 e. The highest BCUT2D eigenvalue weighted by Gasteiger charge is 2.35. The number of benzene rings is 4. The number of halogens is 4. The summed E-state index contributed by atoms with van der Waals surface area (Å²) >= 11 is 18.7. The van der Waals surface area contributed by atoms with Gasteiger partial charge in [0.15, 0.2) is 0 Å². The summed E-state index contributed by atoms with van der Waals surface area (Å²) in [6.45, 7) is 1.54. The molecule has 0 aliphatic rings. The molecule has 7 nitrogen and oxygen atoms in total. The van der Waals surface area contributed by atoms with Gasteiger partial charge in [-0.05, 0) is 60.0 Å². The molecule has 0 unspecified atom stereocenters. The minimum atomic E-state index is -4.36. The van der Waals surface area contributed by atoms with Gasteiger partial charge in [0.05, 0.1) is 15.6 Å². The van der Waals surface area contributed by atoms with Crippen LogP contribution in [0.3, 0.4) is 0 Å². The first-order valence-corrected chi connectivity index (χ1v) is 17.2. The van der Waals surface area contributed by atoms with Crippen LogP contribution in [0, 0.1) is 5.82 Å². The summed E-state index contributed by atoms with van der Waals surface area (Å²) in [6, 6.07) is 23.9. The van der Waals surface area contributed by atoms with Gasteiger partial charge in [0, 0.05) is 29.6 Å². The first-order valence-electron chi connectivity index (χ1n) is 14.6. The fourth-order valence-electron chi connectivity index (χ4n) is 4.78. The zero-order chi connectivity index (χ0) is 33.3. The Morgan fingerprint density at radius 3 is 2.17 bits per heavy atom. The molecule has 0 saturated heterocycles. The van der Waals surface area contributed by atoms with Gasteiger partial charge in [-0.25, -0.2) is 12.8 Å². The van der Waals surface area contributed by atoms with Gasteiger partial charge in [0.2, 0.25) is 11.8 Å². The largest absolute Gasteiger partial charge is 0.354 e. The summed E-state index contributed by atoms with van der Waals surface area (Å²) in [5.74, 6) is -1.85. The van der Waals surface area contributed by atoms with Crippen molar-refractivity contribution in [3.8, 4) is 0 Å². The summed E-state index contributed by atoms with van der Waals surface area (Å²) in [4.78, 5) is 29.5.